The maximum atomic E-state index is 13.9. The molecule has 1 aliphatic rings. The summed E-state index contributed by atoms with van der Waals surface area (Å²) in [5.41, 5.74) is 1.30. The molecule has 1 aliphatic heterocycles. The molecule has 1 unspecified atom stereocenters. The van der Waals surface area contributed by atoms with Crippen molar-refractivity contribution in [2.75, 3.05) is 20.7 Å². The minimum atomic E-state index is -0.615. The lowest BCUT2D eigenvalue weighted by Gasteiger charge is -2.31. The maximum absolute atomic E-state index is 13.9. The summed E-state index contributed by atoms with van der Waals surface area (Å²) in [6, 6.07) is 9.35. The molecule has 1 aromatic carbocycles. The van der Waals surface area contributed by atoms with Gasteiger partial charge >= 0.3 is 17.8 Å². The van der Waals surface area contributed by atoms with Gasteiger partial charge in [-0.25, -0.2) is 9.59 Å². The molecule has 8 heteroatoms. The van der Waals surface area contributed by atoms with Gasteiger partial charge < -0.3 is 9.64 Å². The summed E-state index contributed by atoms with van der Waals surface area (Å²) in [4.78, 5) is 46.7. The third-order valence-electron chi connectivity index (χ3n) is 6.86. The fraction of sp³-hybridized carbons (Fsp3) is 0.600. The topological polar surface area (TPSA) is 80.9 Å². The molecule has 210 valence electrons. The van der Waals surface area contributed by atoms with Crippen LogP contribution in [0.25, 0.3) is 0 Å². The minimum absolute atomic E-state index is 0.0275. The molecule has 38 heavy (non-hydrogen) atoms. The van der Waals surface area contributed by atoms with Gasteiger partial charge in [0.05, 0.1) is 23.4 Å². The zero-order valence-electron chi connectivity index (χ0n) is 24.9. The highest BCUT2D eigenvalue weighted by Gasteiger charge is 2.53. The standard InChI is InChI=1S/C30H45N3O4S/c1-12-37-28(36)20(4)18-22(19(2)3)32(10)26(35)23(29(5,6)7)31-25(34)24-30(8,9)38-27(33(24)11)21-16-14-13-15-17-21/h13-19,22,24,27H,12H2,1-11H3/p+1/b20-18+,31-23?/t22-,24-,27?/m1/s1. The van der Waals surface area contributed by atoms with E-state index < -0.39 is 17.4 Å². The Bertz CT molecular complexity index is 1070. The zero-order chi connectivity index (χ0) is 29.0. The third kappa shape index (κ3) is 7.35. The second kappa shape index (κ2) is 12.6. The van der Waals surface area contributed by atoms with E-state index in [1.54, 1.807) is 43.6 Å². The van der Waals surface area contributed by atoms with Gasteiger partial charge in [-0.1, -0.05) is 50.3 Å². The Hall–Kier alpha value is -2.45. The monoisotopic (exact) mass is 544 g/mol. The molecule has 1 aromatic rings. The van der Waals surface area contributed by atoms with E-state index in [4.69, 9.17) is 4.74 Å². The quantitative estimate of drug-likeness (QED) is 0.306. The van der Waals surface area contributed by atoms with Crippen LogP contribution in [0.1, 0.15) is 73.3 Å². The van der Waals surface area contributed by atoms with Crippen LogP contribution in [0.5, 0.6) is 0 Å². The molecule has 7 nitrogen and oxygen atoms in total. The molecule has 3 atom stereocenters. The fourth-order valence-electron chi connectivity index (χ4n) is 4.87. The molecular formula is C30H46N3O4S+. The van der Waals surface area contributed by atoms with E-state index in [0.717, 1.165) is 5.56 Å². The Balaban J connectivity index is 2.43. The lowest BCUT2D eigenvalue weighted by molar-refractivity contribution is -0.386. The molecule has 0 bridgehead atoms. The van der Waals surface area contributed by atoms with Gasteiger partial charge in [-0.15, -0.1) is 11.8 Å². The van der Waals surface area contributed by atoms with Crippen molar-refractivity contribution in [2.45, 2.75) is 84.5 Å². The van der Waals surface area contributed by atoms with Crippen molar-refractivity contribution in [3.8, 4) is 0 Å². The lowest BCUT2D eigenvalue weighted by atomic mass is 9.87. The molecule has 1 saturated heterocycles. The van der Waals surface area contributed by atoms with Crippen LogP contribution in [0, 0.1) is 11.3 Å². The molecule has 1 fully saturated rings. The van der Waals surface area contributed by atoms with Crippen LogP contribution in [-0.2, 0) is 19.1 Å². The van der Waals surface area contributed by atoms with Crippen molar-refractivity contribution in [3.63, 3.8) is 0 Å². The molecule has 0 saturated carbocycles. The molecule has 0 aliphatic carbocycles. The number of esters is 1. The Kier molecular flexibility index (Phi) is 10.5. The fourth-order valence-corrected chi connectivity index (χ4v) is 6.43. The van der Waals surface area contributed by atoms with Gasteiger partial charge in [-0.2, -0.15) is 4.99 Å². The van der Waals surface area contributed by atoms with E-state index in [-0.39, 0.29) is 40.5 Å². The number of ether oxygens (including phenoxy) is 1. The van der Waals surface area contributed by atoms with Crippen molar-refractivity contribution in [1.82, 2.24) is 9.80 Å². The van der Waals surface area contributed by atoms with Crippen molar-refractivity contribution >= 4 is 35.3 Å². The lowest BCUT2D eigenvalue weighted by Crippen LogP contribution is -2.86. The van der Waals surface area contributed by atoms with Crippen molar-refractivity contribution in [3.05, 3.63) is 47.5 Å². The molecule has 0 aromatic heterocycles. The third-order valence-corrected chi connectivity index (χ3v) is 8.52. The summed E-state index contributed by atoms with van der Waals surface area (Å²) >= 11 is 1.75. The van der Waals surface area contributed by atoms with Gasteiger partial charge in [0.2, 0.25) is 0 Å². The van der Waals surface area contributed by atoms with E-state index >= 15 is 0 Å². The van der Waals surface area contributed by atoms with Crippen molar-refractivity contribution < 1.29 is 24.1 Å². The number of hydrogen-bond acceptors (Lipinski definition) is 6. The van der Waals surface area contributed by atoms with E-state index in [1.807, 2.05) is 59.9 Å². The summed E-state index contributed by atoms with van der Waals surface area (Å²) in [6.07, 6.45) is 1.78. The molecular weight excluding hydrogens is 498 g/mol. The van der Waals surface area contributed by atoms with E-state index in [1.165, 1.54) is 0 Å². The summed E-state index contributed by atoms with van der Waals surface area (Å²) in [7, 11) is 3.68. The van der Waals surface area contributed by atoms with Crippen LogP contribution in [0.2, 0.25) is 0 Å². The summed E-state index contributed by atoms with van der Waals surface area (Å²) in [5, 5.41) is 0.0275. The van der Waals surface area contributed by atoms with E-state index in [0.29, 0.717) is 11.3 Å². The number of rotatable bonds is 8. The molecule has 1 heterocycles. The number of hydrogen-bond donors (Lipinski definition) is 1. The number of nitrogens with zero attached hydrogens (tertiary/aromatic N) is 2. The van der Waals surface area contributed by atoms with Crippen LogP contribution in [-0.4, -0.2) is 70.8 Å². The Morgan fingerprint density at radius 2 is 1.76 bits per heavy atom. The average Bonchev–Trinajstić information content (AvgIpc) is 3.07. The number of likely N-dealkylation sites (N-methyl/N-ethyl adjacent to an activating group) is 2. The van der Waals surface area contributed by atoms with Gasteiger partial charge in [0.15, 0.2) is 6.04 Å². The van der Waals surface area contributed by atoms with Crippen molar-refractivity contribution in [2.24, 2.45) is 11.3 Å². The smallest absolute Gasteiger partial charge is 0.404 e. The number of amides is 2. The summed E-state index contributed by atoms with van der Waals surface area (Å²) in [5.74, 6) is -0.838. The van der Waals surface area contributed by atoms with Crippen LogP contribution >= 0.6 is 11.8 Å². The highest BCUT2D eigenvalue weighted by atomic mass is 32.2. The minimum Gasteiger partial charge on any atom is -0.463 e. The highest BCUT2D eigenvalue weighted by Crippen LogP contribution is 2.51. The van der Waals surface area contributed by atoms with Crippen LogP contribution < -0.4 is 4.99 Å². The largest absolute Gasteiger partial charge is 0.463 e. The second-order valence-electron chi connectivity index (χ2n) is 11.9. The Morgan fingerprint density at radius 3 is 2.26 bits per heavy atom. The van der Waals surface area contributed by atoms with Gasteiger partial charge in [-0.3, -0.25) is 9.69 Å². The molecule has 0 radical (unpaired) electrons. The summed E-state index contributed by atoms with van der Waals surface area (Å²) < 4.78 is 4.75. The number of thioether (sulfide) groups is 1. The van der Waals surface area contributed by atoms with Crippen LogP contribution in [0.4, 0.5) is 0 Å². The molecule has 1 N–H and O–H groups in total. The predicted molar refractivity (Wildman–Crippen MR) is 155 cm³/mol. The number of benzene rings is 1. The maximum Gasteiger partial charge on any atom is 0.404 e. The average molecular weight is 545 g/mol. The SMILES string of the molecule is CCOC(=O)/C(C)=C/[C@H](C(C)C)N(C)C(=O)C(=[NH+]C(=O)[C@H]1N(C)C(c2ccccc2)SC1(C)C)C(C)(C)C. The van der Waals surface area contributed by atoms with E-state index in [2.05, 4.69) is 35.9 Å². The van der Waals surface area contributed by atoms with Crippen LogP contribution in [0.3, 0.4) is 0 Å². The van der Waals surface area contributed by atoms with Gasteiger partial charge in [0.1, 0.15) is 0 Å². The molecule has 2 amide bonds. The summed E-state index contributed by atoms with van der Waals surface area (Å²) in [6.45, 7) is 17.6. The number of carbonyl (C=O) groups is 3. The van der Waals surface area contributed by atoms with Crippen LogP contribution in [0.15, 0.2) is 42.0 Å². The highest BCUT2D eigenvalue weighted by molar-refractivity contribution is 8.01. The first-order valence-electron chi connectivity index (χ1n) is 13.3. The number of carbonyl (C=O) groups excluding carboxylic acids is 3. The Morgan fingerprint density at radius 1 is 1.18 bits per heavy atom. The Labute approximate surface area is 233 Å². The molecule has 2 rings (SSSR count). The van der Waals surface area contributed by atoms with Gasteiger partial charge in [0, 0.05) is 17.4 Å². The first-order valence-corrected chi connectivity index (χ1v) is 14.2. The van der Waals surface area contributed by atoms with Gasteiger partial charge in [0.25, 0.3) is 5.71 Å². The predicted octanol–water partition coefficient (Wildman–Crippen LogP) is 3.60. The molecule has 0 spiro atoms. The van der Waals surface area contributed by atoms with Crippen molar-refractivity contribution in [1.29, 1.82) is 0 Å². The first kappa shape index (κ1) is 31.8. The second-order valence-corrected chi connectivity index (χ2v) is 13.6. The zero-order valence-corrected chi connectivity index (χ0v) is 25.7. The number of nitrogens with one attached hydrogen (secondary N) is 1. The first-order chi connectivity index (χ1) is 17.5. The van der Waals surface area contributed by atoms with Gasteiger partial charge in [-0.05, 0) is 67.0 Å². The normalized spacial score (nSPS) is 21.4. The van der Waals surface area contributed by atoms with E-state index in [9.17, 15) is 14.4 Å².